The lowest BCUT2D eigenvalue weighted by molar-refractivity contribution is -0.120. The van der Waals surface area contributed by atoms with E-state index in [2.05, 4.69) is 5.32 Å². The van der Waals surface area contributed by atoms with Crippen molar-refractivity contribution < 1.29 is 9.59 Å². The number of hydrogen-bond donors (Lipinski definition) is 1. The topological polar surface area (TPSA) is 49.4 Å². The maximum Gasteiger partial charge on any atom is 0.326 e. The zero-order chi connectivity index (χ0) is 21.8. The van der Waals surface area contributed by atoms with Crippen molar-refractivity contribution in [1.82, 2.24) is 0 Å². The molecule has 0 unspecified atom stereocenters. The molecule has 4 rings (SSSR count). The Morgan fingerprint density at radius 3 is 2.26 bits per heavy atom. The minimum atomic E-state index is -0.417. The van der Waals surface area contributed by atoms with Gasteiger partial charge in [0.1, 0.15) is 5.78 Å². The molecule has 1 saturated carbocycles. The van der Waals surface area contributed by atoms with Gasteiger partial charge < -0.3 is 5.32 Å². The average molecular weight is 433 g/mol. The number of nitrogens with zero attached hydrogens (tertiary/aromatic N) is 1. The molecule has 158 valence electrons. The fourth-order valence-electron chi connectivity index (χ4n) is 3.68. The van der Waals surface area contributed by atoms with Crippen molar-refractivity contribution in [2.24, 2.45) is 5.92 Å². The van der Waals surface area contributed by atoms with Crippen molar-refractivity contribution in [2.45, 2.75) is 32.2 Å². The van der Waals surface area contributed by atoms with E-state index in [0.717, 1.165) is 29.7 Å². The summed E-state index contributed by atoms with van der Waals surface area (Å²) in [6.45, 7) is 2.00. The molecule has 2 amide bonds. The minimum absolute atomic E-state index is 0.123. The molecule has 5 heteroatoms. The molecule has 1 aliphatic rings. The highest BCUT2D eigenvalue weighted by atomic mass is 35.5. The van der Waals surface area contributed by atoms with E-state index in [0.29, 0.717) is 10.7 Å². The van der Waals surface area contributed by atoms with Gasteiger partial charge in [-0.15, -0.1) is 0 Å². The lowest BCUT2D eigenvalue weighted by atomic mass is 9.97. The minimum Gasteiger partial charge on any atom is -0.306 e. The zero-order valence-corrected chi connectivity index (χ0v) is 18.2. The third kappa shape index (κ3) is 5.15. The van der Waals surface area contributed by atoms with Crippen LogP contribution in [0.15, 0.2) is 78.9 Å². The van der Waals surface area contributed by atoms with Crippen LogP contribution in [-0.4, -0.2) is 11.8 Å². The van der Waals surface area contributed by atoms with E-state index in [9.17, 15) is 9.59 Å². The van der Waals surface area contributed by atoms with Crippen LogP contribution in [0.4, 0.5) is 16.2 Å². The molecule has 3 aromatic carbocycles. The van der Waals surface area contributed by atoms with Crippen LogP contribution in [-0.2, 0) is 4.79 Å². The van der Waals surface area contributed by atoms with Gasteiger partial charge in [-0.1, -0.05) is 71.8 Å². The highest BCUT2D eigenvalue weighted by molar-refractivity contribution is 6.33. The zero-order valence-electron chi connectivity index (χ0n) is 17.4. The fraction of sp³-hybridized carbons (Fsp3) is 0.231. The standard InChI is InChI=1S/C26H25ClN2O2/c1-18-11-15-21(16-12-18)29(26(31)28-23-10-6-5-9-22(23)27)24(17-25(30)20-13-14-20)19-7-3-2-4-8-19/h2-12,15-16,20,24H,13-14,17H2,1H3,(H,28,31)/t24-/m0/s1. The van der Waals surface area contributed by atoms with Gasteiger partial charge in [0.05, 0.1) is 16.8 Å². The summed E-state index contributed by atoms with van der Waals surface area (Å²) >= 11 is 6.28. The second-order valence-electron chi connectivity index (χ2n) is 7.99. The number of carbonyl (C=O) groups excluding carboxylic acids is 2. The highest BCUT2D eigenvalue weighted by Crippen LogP contribution is 2.37. The predicted octanol–water partition coefficient (Wildman–Crippen LogP) is 6.80. The summed E-state index contributed by atoms with van der Waals surface area (Å²) in [4.78, 5) is 28.1. The second-order valence-corrected chi connectivity index (χ2v) is 8.39. The lowest BCUT2D eigenvalue weighted by Crippen LogP contribution is -2.39. The summed E-state index contributed by atoms with van der Waals surface area (Å²) in [5, 5.41) is 3.40. The second kappa shape index (κ2) is 9.36. The molecule has 0 aromatic heterocycles. The first-order valence-electron chi connectivity index (χ1n) is 10.5. The molecular formula is C26H25ClN2O2. The van der Waals surface area contributed by atoms with E-state index >= 15 is 0 Å². The van der Waals surface area contributed by atoms with Crippen molar-refractivity contribution >= 4 is 34.8 Å². The summed E-state index contributed by atoms with van der Waals surface area (Å²) in [5.74, 6) is 0.328. The van der Waals surface area contributed by atoms with E-state index < -0.39 is 6.04 Å². The van der Waals surface area contributed by atoms with Crippen molar-refractivity contribution in [3.63, 3.8) is 0 Å². The van der Waals surface area contributed by atoms with Gasteiger partial charge in [0.25, 0.3) is 0 Å². The molecule has 0 saturated heterocycles. The van der Waals surface area contributed by atoms with Gasteiger partial charge in [-0.2, -0.15) is 0 Å². The number of nitrogens with one attached hydrogen (secondary N) is 1. The van der Waals surface area contributed by atoms with Crippen LogP contribution in [0.25, 0.3) is 0 Å². The number of para-hydroxylation sites is 1. The van der Waals surface area contributed by atoms with Gasteiger partial charge in [-0.3, -0.25) is 9.69 Å². The van der Waals surface area contributed by atoms with Gasteiger partial charge >= 0.3 is 6.03 Å². The summed E-state index contributed by atoms with van der Waals surface area (Å²) in [7, 11) is 0. The van der Waals surface area contributed by atoms with Crippen LogP contribution in [0.2, 0.25) is 5.02 Å². The van der Waals surface area contributed by atoms with E-state index in [1.807, 2.05) is 73.7 Å². The summed E-state index contributed by atoms with van der Waals surface area (Å²) in [6, 6.07) is 23.9. The smallest absolute Gasteiger partial charge is 0.306 e. The number of amides is 2. The van der Waals surface area contributed by atoms with E-state index in [4.69, 9.17) is 11.6 Å². The van der Waals surface area contributed by atoms with Gasteiger partial charge in [-0.05, 0) is 49.6 Å². The maximum absolute atomic E-state index is 13.6. The van der Waals surface area contributed by atoms with Crippen LogP contribution < -0.4 is 10.2 Å². The van der Waals surface area contributed by atoms with Gasteiger partial charge in [0.15, 0.2) is 0 Å². The fourth-order valence-corrected chi connectivity index (χ4v) is 3.86. The van der Waals surface area contributed by atoms with Crippen molar-refractivity contribution in [3.05, 3.63) is 95.0 Å². The Morgan fingerprint density at radius 2 is 1.61 bits per heavy atom. The Balaban J connectivity index is 1.74. The van der Waals surface area contributed by atoms with E-state index in [1.165, 1.54) is 0 Å². The maximum atomic E-state index is 13.6. The number of Topliss-reactive ketones (excluding diaryl/α,β-unsaturated/α-hetero) is 1. The molecule has 1 aliphatic carbocycles. The van der Waals surface area contributed by atoms with Crippen LogP contribution in [0.1, 0.15) is 36.4 Å². The molecule has 1 N–H and O–H groups in total. The van der Waals surface area contributed by atoms with E-state index in [1.54, 1.807) is 17.0 Å². The van der Waals surface area contributed by atoms with Gasteiger partial charge in [-0.25, -0.2) is 4.79 Å². The number of aryl methyl sites for hydroxylation is 1. The summed E-state index contributed by atoms with van der Waals surface area (Å²) < 4.78 is 0. The van der Waals surface area contributed by atoms with Crippen LogP contribution in [0, 0.1) is 12.8 Å². The van der Waals surface area contributed by atoms with Crippen molar-refractivity contribution in [2.75, 3.05) is 10.2 Å². The molecule has 3 aromatic rings. The largest absolute Gasteiger partial charge is 0.326 e. The number of carbonyl (C=O) groups is 2. The molecule has 0 radical (unpaired) electrons. The summed E-state index contributed by atoms with van der Waals surface area (Å²) in [6.07, 6.45) is 2.16. The number of anilines is 2. The van der Waals surface area contributed by atoms with Gasteiger partial charge in [0.2, 0.25) is 0 Å². The Kier molecular flexibility index (Phi) is 6.38. The Labute approximate surface area is 187 Å². The van der Waals surface area contributed by atoms with E-state index in [-0.39, 0.29) is 24.2 Å². The monoisotopic (exact) mass is 432 g/mol. The van der Waals surface area contributed by atoms with Gasteiger partial charge in [0, 0.05) is 18.0 Å². The number of halogens is 1. The molecule has 0 spiro atoms. The average Bonchev–Trinajstić information content (AvgIpc) is 3.62. The van der Waals surface area contributed by atoms with Crippen molar-refractivity contribution in [1.29, 1.82) is 0 Å². The molecule has 0 heterocycles. The molecule has 0 aliphatic heterocycles. The lowest BCUT2D eigenvalue weighted by Gasteiger charge is -2.32. The number of urea groups is 1. The predicted molar refractivity (Wildman–Crippen MR) is 126 cm³/mol. The number of hydrogen-bond acceptors (Lipinski definition) is 2. The van der Waals surface area contributed by atoms with Crippen LogP contribution in [0.5, 0.6) is 0 Å². The van der Waals surface area contributed by atoms with Crippen LogP contribution >= 0.6 is 11.6 Å². The Hall–Kier alpha value is -3.11. The Bertz CT molecular complexity index is 1060. The Morgan fingerprint density at radius 1 is 0.968 bits per heavy atom. The molecule has 0 bridgehead atoms. The molecule has 4 nitrogen and oxygen atoms in total. The first-order chi connectivity index (χ1) is 15.0. The molecular weight excluding hydrogens is 408 g/mol. The SMILES string of the molecule is Cc1ccc(N(C(=O)Nc2ccccc2Cl)[C@@H](CC(=O)C2CC2)c2ccccc2)cc1. The first-order valence-corrected chi connectivity index (χ1v) is 10.9. The van der Waals surface area contributed by atoms with Crippen LogP contribution in [0.3, 0.4) is 0 Å². The number of ketones is 1. The normalized spacial score (nSPS) is 14.0. The number of benzene rings is 3. The molecule has 1 fully saturated rings. The quantitative estimate of drug-likeness (QED) is 0.446. The summed E-state index contributed by atoms with van der Waals surface area (Å²) in [5.41, 5.74) is 3.28. The molecule has 31 heavy (non-hydrogen) atoms. The third-order valence-electron chi connectivity index (χ3n) is 5.57. The van der Waals surface area contributed by atoms with Crippen molar-refractivity contribution in [3.8, 4) is 0 Å². The number of rotatable bonds is 7. The molecule has 1 atom stereocenters. The first kappa shape index (κ1) is 21.1. The highest BCUT2D eigenvalue weighted by Gasteiger charge is 2.35. The third-order valence-corrected chi connectivity index (χ3v) is 5.90.